The maximum atomic E-state index is 13.2. The average Bonchev–Trinajstić information content (AvgIpc) is 2.79. The summed E-state index contributed by atoms with van der Waals surface area (Å²) in [6.07, 6.45) is 0. The fourth-order valence-electron chi connectivity index (χ4n) is 3.36. The number of ether oxygens (including phenoxy) is 1. The summed E-state index contributed by atoms with van der Waals surface area (Å²) in [5, 5.41) is 2.61. The number of hydrogen-bond donors (Lipinski definition) is 1. The van der Waals surface area contributed by atoms with Crippen LogP contribution >= 0.6 is 0 Å². The molecule has 26 heavy (non-hydrogen) atoms. The normalized spacial score (nSPS) is 25.4. The van der Waals surface area contributed by atoms with Crippen LogP contribution in [0.2, 0.25) is 0 Å². The second-order valence-corrected chi connectivity index (χ2v) is 7.36. The average molecular weight is 363 g/mol. The summed E-state index contributed by atoms with van der Waals surface area (Å²) in [5.74, 6) is -1.28. The van der Waals surface area contributed by atoms with E-state index in [4.69, 9.17) is 4.74 Å². The molecule has 0 bridgehead atoms. The quantitative estimate of drug-likeness (QED) is 0.820. The molecule has 0 aromatic heterocycles. The molecule has 8 heteroatoms. The molecule has 0 spiro atoms. The number of imide groups is 1. The number of hydrogen-bond acceptors (Lipinski definition) is 4. The van der Waals surface area contributed by atoms with Crippen LogP contribution in [0.4, 0.5) is 9.18 Å². The molecule has 4 amide bonds. The molecule has 0 aliphatic carbocycles. The number of rotatable bonds is 3. The smallest absolute Gasteiger partial charge is 0.325 e. The number of carbonyl (C=O) groups excluding carboxylic acids is 3. The van der Waals surface area contributed by atoms with Gasteiger partial charge < -0.3 is 15.0 Å². The van der Waals surface area contributed by atoms with Gasteiger partial charge in [0.15, 0.2) is 0 Å². The van der Waals surface area contributed by atoms with Gasteiger partial charge in [0.25, 0.3) is 5.91 Å². The lowest BCUT2D eigenvalue weighted by molar-refractivity contribution is -0.149. The van der Waals surface area contributed by atoms with Crippen molar-refractivity contribution in [2.45, 2.75) is 31.8 Å². The highest BCUT2D eigenvalue weighted by atomic mass is 19.1. The topological polar surface area (TPSA) is 79.0 Å². The van der Waals surface area contributed by atoms with Crippen molar-refractivity contribution in [1.29, 1.82) is 0 Å². The maximum Gasteiger partial charge on any atom is 0.325 e. The van der Waals surface area contributed by atoms with Gasteiger partial charge in [0.1, 0.15) is 17.9 Å². The Morgan fingerprint density at radius 2 is 1.88 bits per heavy atom. The Kier molecular flexibility index (Phi) is 4.47. The van der Waals surface area contributed by atoms with Crippen LogP contribution < -0.4 is 5.32 Å². The Balaban J connectivity index is 1.79. The summed E-state index contributed by atoms with van der Waals surface area (Å²) < 4.78 is 18.6. The molecule has 140 valence electrons. The molecular formula is C18H22FN3O4. The van der Waals surface area contributed by atoms with Crippen molar-refractivity contribution in [2.24, 2.45) is 0 Å². The number of nitrogens with one attached hydrogen (secondary N) is 1. The minimum atomic E-state index is -1.33. The van der Waals surface area contributed by atoms with Crippen LogP contribution in [0.5, 0.6) is 0 Å². The number of halogens is 1. The molecule has 2 heterocycles. The molecule has 0 saturated carbocycles. The van der Waals surface area contributed by atoms with Gasteiger partial charge in [-0.1, -0.05) is 12.1 Å². The third-order valence-electron chi connectivity index (χ3n) is 4.94. The first-order valence-corrected chi connectivity index (χ1v) is 8.43. The van der Waals surface area contributed by atoms with Gasteiger partial charge >= 0.3 is 6.03 Å². The van der Waals surface area contributed by atoms with E-state index in [1.807, 2.05) is 13.8 Å². The van der Waals surface area contributed by atoms with Crippen LogP contribution in [0.25, 0.3) is 0 Å². The Bertz CT molecular complexity index is 749. The van der Waals surface area contributed by atoms with Crippen molar-refractivity contribution in [2.75, 3.05) is 26.3 Å². The first-order chi connectivity index (χ1) is 12.1. The fraction of sp³-hybridized carbons (Fsp3) is 0.500. The van der Waals surface area contributed by atoms with Gasteiger partial charge in [-0.25, -0.2) is 9.18 Å². The minimum Gasteiger partial charge on any atom is -0.377 e. The Labute approximate surface area is 151 Å². The molecule has 1 unspecified atom stereocenters. The second kappa shape index (κ2) is 6.35. The summed E-state index contributed by atoms with van der Waals surface area (Å²) in [6, 6.07) is 4.71. The van der Waals surface area contributed by atoms with Gasteiger partial charge in [-0.2, -0.15) is 0 Å². The van der Waals surface area contributed by atoms with Crippen molar-refractivity contribution >= 4 is 17.8 Å². The van der Waals surface area contributed by atoms with E-state index in [9.17, 15) is 18.8 Å². The Hall–Kier alpha value is -2.48. The van der Waals surface area contributed by atoms with E-state index in [0.29, 0.717) is 25.3 Å². The third kappa shape index (κ3) is 3.05. The molecule has 0 radical (unpaired) electrons. The van der Waals surface area contributed by atoms with E-state index in [1.54, 1.807) is 11.8 Å². The zero-order chi connectivity index (χ0) is 19.1. The van der Waals surface area contributed by atoms with Crippen LogP contribution in [0.3, 0.4) is 0 Å². The van der Waals surface area contributed by atoms with Crippen LogP contribution in [-0.2, 0) is 19.9 Å². The van der Waals surface area contributed by atoms with E-state index in [2.05, 4.69) is 5.32 Å². The molecule has 3 rings (SSSR count). The van der Waals surface area contributed by atoms with Crippen molar-refractivity contribution in [3.05, 3.63) is 35.6 Å². The van der Waals surface area contributed by atoms with Crippen molar-refractivity contribution in [3.8, 4) is 0 Å². The number of amides is 4. The molecule has 1 aromatic carbocycles. The molecule has 2 fully saturated rings. The van der Waals surface area contributed by atoms with Crippen LogP contribution in [0.1, 0.15) is 26.3 Å². The Morgan fingerprint density at radius 1 is 1.23 bits per heavy atom. The monoisotopic (exact) mass is 363 g/mol. The molecular weight excluding hydrogens is 341 g/mol. The van der Waals surface area contributed by atoms with Crippen molar-refractivity contribution < 1.29 is 23.5 Å². The number of nitrogens with zero attached hydrogens (tertiary/aromatic N) is 2. The van der Waals surface area contributed by atoms with Crippen LogP contribution in [0.15, 0.2) is 24.3 Å². The lowest BCUT2D eigenvalue weighted by Crippen LogP contribution is -2.58. The second-order valence-electron chi connectivity index (χ2n) is 7.36. The summed E-state index contributed by atoms with van der Waals surface area (Å²) >= 11 is 0. The van der Waals surface area contributed by atoms with E-state index in [0.717, 1.165) is 4.90 Å². The summed E-state index contributed by atoms with van der Waals surface area (Å²) in [4.78, 5) is 40.4. The molecule has 1 N–H and O–H groups in total. The molecule has 2 saturated heterocycles. The molecule has 1 atom stereocenters. The first kappa shape index (κ1) is 18.3. The fourth-order valence-corrected chi connectivity index (χ4v) is 3.36. The Morgan fingerprint density at radius 3 is 2.50 bits per heavy atom. The molecule has 1 aromatic rings. The number of urea groups is 1. The van der Waals surface area contributed by atoms with Crippen molar-refractivity contribution in [3.63, 3.8) is 0 Å². The largest absolute Gasteiger partial charge is 0.377 e. The summed E-state index contributed by atoms with van der Waals surface area (Å²) in [5.41, 5.74) is -1.38. The predicted molar refractivity (Wildman–Crippen MR) is 90.6 cm³/mol. The van der Waals surface area contributed by atoms with Crippen LogP contribution in [0, 0.1) is 5.82 Å². The van der Waals surface area contributed by atoms with Gasteiger partial charge in [-0.3, -0.25) is 14.5 Å². The van der Waals surface area contributed by atoms with Gasteiger partial charge in [0.2, 0.25) is 5.91 Å². The zero-order valence-corrected chi connectivity index (χ0v) is 15.0. The highest BCUT2D eigenvalue weighted by molar-refractivity contribution is 6.09. The lowest BCUT2D eigenvalue weighted by atomic mass is 9.92. The van der Waals surface area contributed by atoms with E-state index in [-0.39, 0.29) is 12.5 Å². The number of morpholine rings is 1. The van der Waals surface area contributed by atoms with Gasteiger partial charge in [-0.15, -0.1) is 0 Å². The highest BCUT2D eigenvalue weighted by Crippen LogP contribution is 2.29. The van der Waals surface area contributed by atoms with E-state index >= 15 is 0 Å². The lowest BCUT2D eigenvalue weighted by Gasteiger charge is -2.42. The van der Waals surface area contributed by atoms with Gasteiger partial charge in [0, 0.05) is 6.54 Å². The third-order valence-corrected chi connectivity index (χ3v) is 4.94. The molecule has 7 nitrogen and oxygen atoms in total. The first-order valence-electron chi connectivity index (χ1n) is 8.43. The predicted octanol–water partition coefficient (Wildman–Crippen LogP) is 1.23. The molecule has 2 aliphatic heterocycles. The van der Waals surface area contributed by atoms with Gasteiger partial charge in [0.05, 0.1) is 18.8 Å². The van der Waals surface area contributed by atoms with Crippen LogP contribution in [-0.4, -0.2) is 59.5 Å². The number of carbonyl (C=O) groups is 3. The molecule has 2 aliphatic rings. The van der Waals surface area contributed by atoms with E-state index < -0.39 is 28.8 Å². The van der Waals surface area contributed by atoms with Crippen molar-refractivity contribution in [1.82, 2.24) is 15.1 Å². The minimum absolute atomic E-state index is 0.315. The van der Waals surface area contributed by atoms with E-state index in [1.165, 1.54) is 24.3 Å². The summed E-state index contributed by atoms with van der Waals surface area (Å²) in [6.45, 7) is 6.17. The zero-order valence-electron chi connectivity index (χ0n) is 15.0. The number of benzene rings is 1. The standard InChI is InChI=1S/C18H22FN3O4/c1-17(2)11-26-9-8-22(17)14(23)10-21-15(24)18(3,20-16(21)25)12-4-6-13(19)7-5-12/h4-7H,8-11H2,1-3H3,(H,20,25). The van der Waals surface area contributed by atoms with Gasteiger partial charge in [-0.05, 0) is 38.5 Å². The SMILES string of the molecule is CC1(c2ccc(F)cc2)NC(=O)N(CC(=O)N2CCOCC2(C)C)C1=O. The highest BCUT2D eigenvalue weighted by Gasteiger charge is 2.50. The summed E-state index contributed by atoms with van der Waals surface area (Å²) in [7, 11) is 0. The maximum absolute atomic E-state index is 13.2.